The number of ether oxygens (including phenoxy) is 3. The Labute approximate surface area is 245 Å². The van der Waals surface area contributed by atoms with E-state index in [0.717, 1.165) is 21.6 Å². The lowest BCUT2D eigenvalue weighted by atomic mass is 9.84. The first-order valence-corrected chi connectivity index (χ1v) is 13.9. The SMILES string of the molecule is CC[C@](O)(CC(=O)N1C(=O)O[C@H](c2ccccc2)[C@@H]1c1ccccc1)c1ccnc(OC)c1COCc1ccccc1. The number of aliphatic hydroxyl groups is 1. The fourth-order valence-electron chi connectivity index (χ4n) is 5.42. The third-order valence-corrected chi connectivity index (χ3v) is 7.62. The summed E-state index contributed by atoms with van der Waals surface area (Å²) in [6.07, 6.45) is -0.0777. The van der Waals surface area contributed by atoms with Crippen LogP contribution in [0.5, 0.6) is 5.88 Å². The lowest BCUT2D eigenvalue weighted by molar-refractivity contribution is -0.135. The zero-order valence-electron chi connectivity index (χ0n) is 23.7. The molecule has 1 aliphatic rings. The van der Waals surface area contributed by atoms with Gasteiger partial charge in [0, 0.05) is 11.8 Å². The molecule has 5 rings (SSSR count). The van der Waals surface area contributed by atoms with E-state index in [2.05, 4.69) is 4.98 Å². The number of rotatable bonds is 11. The molecule has 0 spiro atoms. The standard InChI is InChI=1S/C34H34N2O6/c1-3-34(39,28-19-20-35-32(40-2)27(28)23-41-22-24-13-7-4-8-14-24)21-29(37)36-30(25-15-9-5-10-16-25)31(42-33(36)38)26-17-11-6-12-18-26/h4-20,30-31,39H,3,21-23H2,1-2H3/t30-,31+,34-/m0/s1. The molecule has 1 aromatic heterocycles. The van der Waals surface area contributed by atoms with Crippen LogP contribution in [-0.4, -0.2) is 34.1 Å². The highest BCUT2D eigenvalue weighted by Gasteiger charge is 2.48. The average Bonchev–Trinajstić information content (AvgIpc) is 3.39. The van der Waals surface area contributed by atoms with Crippen molar-refractivity contribution < 1.29 is 28.9 Å². The Morgan fingerprint density at radius 3 is 2.17 bits per heavy atom. The number of amides is 2. The lowest BCUT2D eigenvalue weighted by Gasteiger charge is -2.32. The topological polar surface area (TPSA) is 98.2 Å². The molecule has 216 valence electrons. The van der Waals surface area contributed by atoms with E-state index in [1.54, 1.807) is 13.0 Å². The van der Waals surface area contributed by atoms with Gasteiger partial charge in [-0.25, -0.2) is 14.7 Å². The zero-order valence-corrected chi connectivity index (χ0v) is 23.7. The van der Waals surface area contributed by atoms with Gasteiger partial charge in [-0.05, 0) is 34.7 Å². The molecule has 42 heavy (non-hydrogen) atoms. The molecule has 4 aromatic rings. The average molecular weight is 567 g/mol. The first-order chi connectivity index (χ1) is 20.4. The molecule has 3 atom stereocenters. The van der Waals surface area contributed by atoms with Crippen molar-refractivity contribution in [3.8, 4) is 5.88 Å². The Morgan fingerprint density at radius 2 is 1.55 bits per heavy atom. The molecule has 2 heterocycles. The van der Waals surface area contributed by atoms with Crippen LogP contribution < -0.4 is 4.74 Å². The van der Waals surface area contributed by atoms with Crippen molar-refractivity contribution in [3.05, 3.63) is 131 Å². The van der Waals surface area contributed by atoms with E-state index >= 15 is 0 Å². The highest BCUT2D eigenvalue weighted by atomic mass is 16.6. The first-order valence-electron chi connectivity index (χ1n) is 13.9. The number of pyridine rings is 1. The van der Waals surface area contributed by atoms with Gasteiger partial charge in [0.15, 0.2) is 6.10 Å². The molecular weight excluding hydrogens is 532 g/mol. The maximum atomic E-state index is 14.0. The molecule has 0 saturated carbocycles. The van der Waals surface area contributed by atoms with Crippen molar-refractivity contribution in [3.63, 3.8) is 0 Å². The highest BCUT2D eigenvalue weighted by molar-refractivity contribution is 5.94. The molecule has 2 amide bonds. The van der Waals surface area contributed by atoms with Gasteiger partial charge >= 0.3 is 6.09 Å². The fraction of sp³-hybridized carbons (Fsp3) is 0.265. The normalized spacial score (nSPS) is 17.9. The summed E-state index contributed by atoms with van der Waals surface area (Å²) in [4.78, 5) is 32.8. The van der Waals surface area contributed by atoms with Crippen molar-refractivity contribution in [1.29, 1.82) is 0 Å². The van der Waals surface area contributed by atoms with Gasteiger partial charge in [0.05, 0.1) is 32.3 Å². The second-order valence-corrected chi connectivity index (χ2v) is 10.2. The van der Waals surface area contributed by atoms with Crippen molar-refractivity contribution >= 4 is 12.0 Å². The van der Waals surface area contributed by atoms with Gasteiger partial charge in [-0.15, -0.1) is 0 Å². The van der Waals surface area contributed by atoms with Crippen LogP contribution in [0, 0.1) is 0 Å². The smallest absolute Gasteiger partial charge is 0.417 e. The number of imide groups is 1. The second kappa shape index (κ2) is 13.0. The summed E-state index contributed by atoms with van der Waals surface area (Å²) < 4.78 is 17.3. The predicted octanol–water partition coefficient (Wildman–Crippen LogP) is 6.26. The first kappa shape index (κ1) is 29.0. The maximum absolute atomic E-state index is 14.0. The van der Waals surface area contributed by atoms with E-state index in [-0.39, 0.29) is 19.4 Å². The molecule has 1 fully saturated rings. The van der Waals surface area contributed by atoms with Crippen LogP contribution in [0.15, 0.2) is 103 Å². The van der Waals surface area contributed by atoms with Crippen molar-refractivity contribution in [2.75, 3.05) is 7.11 Å². The Kier molecular flexibility index (Phi) is 8.95. The molecule has 8 nitrogen and oxygen atoms in total. The van der Waals surface area contributed by atoms with Gasteiger partial charge in [-0.3, -0.25) is 4.79 Å². The van der Waals surface area contributed by atoms with Gasteiger partial charge in [-0.1, -0.05) is 97.9 Å². The summed E-state index contributed by atoms with van der Waals surface area (Å²) in [5.41, 5.74) is 1.89. The Bertz CT molecular complexity index is 1500. The third-order valence-electron chi connectivity index (χ3n) is 7.62. The van der Waals surface area contributed by atoms with Crippen molar-refractivity contribution in [1.82, 2.24) is 9.88 Å². The third kappa shape index (κ3) is 6.05. The van der Waals surface area contributed by atoms with E-state index in [1.165, 1.54) is 13.3 Å². The summed E-state index contributed by atoms with van der Waals surface area (Å²) >= 11 is 0. The van der Waals surface area contributed by atoms with Crippen LogP contribution in [0.25, 0.3) is 0 Å². The van der Waals surface area contributed by atoms with Gasteiger partial charge in [0.1, 0.15) is 6.04 Å². The van der Waals surface area contributed by atoms with Crippen LogP contribution in [0.1, 0.15) is 59.7 Å². The summed E-state index contributed by atoms with van der Waals surface area (Å²) in [5.74, 6) is -0.254. The quantitative estimate of drug-likeness (QED) is 0.229. The number of carbonyl (C=O) groups is 2. The molecule has 3 aromatic carbocycles. The number of hydrogen-bond acceptors (Lipinski definition) is 7. The lowest BCUT2D eigenvalue weighted by Crippen LogP contribution is -2.40. The summed E-state index contributed by atoms with van der Waals surface area (Å²) in [5, 5.41) is 12.0. The number of nitrogens with zero attached hydrogens (tertiary/aromatic N) is 2. The van der Waals surface area contributed by atoms with E-state index in [4.69, 9.17) is 14.2 Å². The Morgan fingerprint density at radius 1 is 0.929 bits per heavy atom. The highest BCUT2D eigenvalue weighted by Crippen LogP contribution is 2.45. The predicted molar refractivity (Wildman–Crippen MR) is 156 cm³/mol. The second-order valence-electron chi connectivity index (χ2n) is 10.2. The van der Waals surface area contributed by atoms with Crippen LogP contribution >= 0.6 is 0 Å². The molecule has 8 heteroatoms. The van der Waals surface area contributed by atoms with E-state index in [1.807, 2.05) is 91.0 Å². The van der Waals surface area contributed by atoms with Crippen molar-refractivity contribution in [2.45, 2.75) is 50.7 Å². The summed E-state index contributed by atoms with van der Waals surface area (Å²) in [7, 11) is 1.50. The number of carbonyl (C=O) groups excluding carboxylic acids is 2. The molecule has 0 bridgehead atoms. The fourth-order valence-corrected chi connectivity index (χ4v) is 5.42. The molecule has 0 unspecified atom stereocenters. The van der Waals surface area contributed by atoms with E-state index < -0.39 is 29.7 Å². The molecular formula is C34H34N2O6. The van der Waals surface area contributed by atoms with Crippen LogP contribution in [0.4, 0.5) is 4.79 Å². The maximum Gasteiger partial charge on any atom is 0.417 e. The van der Waals surface area contributed by atoms with Gasteiger partial charge in [-0.2, -0.15) is 0 Å². The molecule has 1 aliphatic heterocycles. The van der Waals surface area contributed by atoms with Crippen molar-refractivity contribution in [2.24, 2.45) is 0 Å². The minimum atomic E-state index is -1.63. The molecule has 1 N–H and O–H groups in total. The largest absolute Gasteiger partial charge is 0.481 e. The summed E-state index contributed by atoms with van der Waals surface area (Å²) in [6, 6.07) is 29.4. The van der Waals surface area contributed by atoms with Crippen LogP contribution in [0.3, 0.4) is 0 Å². The van der Waals surface area contributed by atoms with Crippen LogP contribution in [0.2, 0.25) is 0 Å². The van der Waals surface area contributed by atoms with Crippen LogP contribution in [-0.2, 0) is 33.1 Å². The van der Waals surface area contributed by atoms with Gasteiger partial charge in [0.25, 0.3) is 0 Å². The molecule has 1 saturated heterocycles. The minimum Gasteiger partial charge on any atom is -0.481 e. The number of hydrogen-bond donors (Lipinski definition) is 1. The number of methoxy groups -OCH3 is 1. The monoisotopic (exact) mass is 566 g/mol. The molecule has 0 aliphatic carbocycles. The van der Waals surface area contributed by atoms with Gasteiger partial charge < -0.3 is 19.3 Å². The number of cyclic esters (lactones) is 1. The number of benzene rings is 3. The summed E-state index contributed by atoms with van der Waals surface area (Å²) in [6.45, 7) is 2.24. The Balaban J connectivity index is 1.44. The van der Waals surface area contributed by atoms with E-state index in [0.29, 0.717) is 23.6 Å². The van der Waals surface area contributed by atoms with Gasteiger partial charge in [0.2, 0.25) is 11.8 Å². The van der Waals surface area contributed by atoms with E-state index in [9.17, 15) is 14.7 Å². The minimum absolute atomic E-state index is 0.103. The number of aromatic nitrogens is 1. The molecule has 0 radical (unpaired) electrons. The Hall–Kier alpha value is -4.53. The zero-order chi connectivity index (χ0) is 29.5.